The molecule has 16 heavy (non-hydrogen) atoms. The number of esters is 1. The molecule has 0 aromatic carbocycles. The monoisotopic (exact) mass is 224 g/mol. The van der Waals surface area contributed by atoms with Crippen LogP contribution in [0.5, 0.6) is 0 Å². The number of hydrogen-bond donors (Lipinski definition) is 2. The van der Waals surface area contributed by atoms with E-state index in [0.717, 1.165) is 0 Å². The Morgan fingerprint density at radius 2 is 2.25 bits per heavy atom. The quantitative estimate of drug-likeness (QED) is 0.670. The number of nitrogens with zero attached hydrogens (tertiary/aromatic N) is 2. The van der Waals surface area contributed by atoms with Crippen LogP contribution in [0.2, 0.25) is 0 Å². The largest absolute Gasteiger partial charge is 0.463 e. The fourth-order valence-corrected chi connectivity index (χ4v) is 0.922. The summed E-state index contributed by atoms with van der Waals surface area (Å²) in [6, 6.07) is 0.937. The molecule has 1 atom stereocenters. The number of anilines is 1. The molecule has 1 heterocycles. The number of carbonyl (C=O) groups is 2. The molecule has 1 aromatic heterocycles. The van der Waals surface area contributed by atoms with Crippen molar-refractivity contribution in [3.05, 3.63) is 18.1 Å². The van der Waals surface area contributed by atoms with Crippen molar-refractivity contribution in [2.75, 3.05) is 12.4 Å². The molecular formula is C9H12N4O3. The molecule has 0 bridgehead atoms. The Kier molecular flexibility index (Phi) is 3.76. The molecule has 86 valence electrons. The Labute approximate surface area is 92.0 Å². The fraction of sp³-hybridized carbons (Fsp3) is 0.333. The first-order valence-corrected chi connectivity index (χ1v) is 4.52. The summed E-state index contributed by atoms with van der Waals surface area (Å²) in [6.45, 7) is 1.59. The maximum Gasteiger partial charge on any atom is 0.376 e. The zero-order chi connectivity index (χ0) is 12.1. The summed E-state index contributed by atoms with van der Waals surface area (Å²) in [5.74, 6) is -0.903. The van der Waals surface area contributed by atoms with Gasteiger partial charge in [-0.1, -0.05) is 0 Å². The average molecular weight is 224 g/mol. The van der Waals surface area contributed by atoms with Crippen molar-refractivity contribution in [3.63, 3.8) is 0 Å². The average Bonchev–Trinajstić information content (AvgIpc) is 2.28. The summed E-state index contributed by atoms with van der Waals surface area (Å²) >= 11 is 0. The normalized spacial score (nSPS) is 11.6. The lowest BCUT2D eigenvalue weighted by atomic mass is 10.3. The summed E-state index contributed by atoms with van der Waals surface area (Å²) < 4.78 is 4.46. The van der Waals surface area contributed by atoms with Crippen LogP contribution in [-0.4, -0.2) is 35.0 Å². The molecule has 1 rings (SSSR count). The van der Waals surface area contributed by atoms with Crippen molar-refractivity contribution in [1.29, 1.82) is 0 Å². The molecule has 0 saturated carbocycles. The van der Waals surface area contributed by atoms with Crippen LogP contribution in [0.4, 0.5) is 5.82 Å². The highest BCUT2D eigenvalue weighted by Crippen LogP contribution is 2.04. The molecular weight excluding hydrogens is 212 g/mol. The summed E-state index contributed by atoms with van der Waals surface area (Å²) in [7, 11) is 1.23. The third-order valence-electron chi connectivity index (χ3n) is 1.81. The number of methoxy groups -OCH3 is 1. The highest BCUT2D eigenvalue weighted by molar-refractivity contribution is 5.85. The SMILES string of the molecule is COC(=O)c1nccc(NC(C)C(N)=O)n1. The molecule has 0 aliphatic carbocycles. The number of primary amides is 1. The van der Waals surface area contributed by atoms with E-state index in [1.807, 2.05) is 0 Å². The number of nitrogens with one attached hydrogen (secondary N) is 1. The minimum Gasteiger partial charge on any atom is -0.463 e. The number of ether oxygens (including phenoxy) is 1. The lowest BCUT2D eigenvalue weighted by molar-refractivity contribution is -0.118. The summed E-state index contributed by atoms with van der Waals surface area (Å²) in [4.78, 5) is 29.5. The lowest BCUT2D eigenvalue weighted by Gasteiger charge is -2.10. The smallest absolute Gasteiger partial charge is 0.376 e. The Bertz CT molecular complexity index is 407. The third-order valence-corrected chi connectivity index (χ3v) is 1.81. The van der Waals surface area contributed by atoms with Gasteiger partial charge in [-0.2, -0.15) is 0 Å². The first kappa shape index (κ1) is 11.9. The van der Waals surface area contributed by atoms with Gasteiger partial charge in [-0.05, 0) is 13.0 Å². The van der Waals surface area contributed by atoms with E-state index in [1.165, 1.54) is 19.4 Å². The van der Waals surface area contributed by atoms with Crippen LogP contribution in [0.15, 0.2) is 12.3 Å². The van der Waals surface area contributed by atoms with Gasteiger partial charge in [0.2, 0.25) is 11.7 Å². The van der Waals surface area contributed by atoms with Gasteiger partial charge in [0.1, 0.15) is 11.9 Å². The molecule has 1 aromatic rings. The van der Waals surface area contributed by atoms with E-state index >= 15 is 0 Å². The van der Waals surface area contributed by atoms with E-state index in [0.29, 0.717) is 5.82 Å². The van der Waals surface area contributed by atoms with E-state index in [4.69, 9.17) is 5.73 Å². The molecule has 0 spiro atoms. The van der Waals surface area contributed by atoms with Crippen molar-refractivity contribution in [1.82, 2.24) is 9.97 Å². The third kappa shape index (κ3) is 2.91. The van der Waals surface area contributed by atoms with Crippen molar-refractivity contribution < 1.29 is 14.3 Å². The van der Waals surface area contributed by atoms with E-state index in [1.54, 1.807) is 6.92 Å². The molecule has 7 nitrogen and oxygen atoms in total. The minimum absolute atomic E-state index is 0.0795. The zero-order valence-electron chi connectivity index (χ0n) is 8.93. The molecule has 0 radical (unpaired) electrons. The van der Waals surface area contributed by atoms with Gasteiger partial charge in [-0.25, -0.2) is 14.8 Å². The Hall–Kier alpha value is -2.18. The molecule has 0 aliphatic heterocycles. The van der Waals surface area contributed by atoms with E-state index in [-0.39, 0.29) is 5.82 Å². The second kappa shape index (κ2) is 5.06. The van der Waals surface area contributed by atoms with Crippen molar-refractivity contribution in [2.45, 2.75) is 13.0 Å². The zero-order valence-corrected chi connectivity index (χ0v) is 8.93. The molecule has 0 aliphatic rings. The minimum atomic E-state index is -0.643. The second-order valence-corrected chi connectivity index (χ2v) is 3.03. The Morgan fingerprint density at radius 3 is 2.81 bits per heavy atom. The number of aromatic nitrogens is 2. The molecule has 7 heteroatoms. The van der Waals surface area contributed by atoms with Gasteiger partial charge >= 0.3 is 5.97 Å². The fourth-order valence-electron chi connectivity index (χ4n) is 0.922. The first-order chi connectivity index (χ1) is 7.54. The second-order valence-electron chi connectivity index (χ2n) is 3.03. The van der Waals surface area contributed by atoms with Crippen LogP contribution in [0.25, 0.3) is 0 Å². The van der Waals surface area contributed by atoms with E-state index in [9.17, 15) is 9.59 Å². The van der Waals surface area contributed by atoms with Crippen LogP contribution in [0.1, 0.15) is 17.5 Å². The van der Waals surface area contributed by atoms with Gasteiger partial charge in [0, 0.05) is 6.20 Å². The number of hydrogen-bond acceptors (Lipinski definition) is 6. The molecule has 1 unspecified atom stereocenters. The van der Waals surface area contributed by atoms with Crippen LogP contribution in [0.3, 0.4) is 0 Å². The maximum atomic E-state index is 11.1. The van der Waals surface area contributed by atoms with E-state index < -0.39 is 17.9 Å². The molecule has 1 amide bonds. The summed E-state index contributed by atoms with van der Waals surface area (Å²) in [5, 5.41) is 2.73. The highest BCUT2D eigenvalue weighted by Gasteiger charge is 2.12. The predicted octanol–water partition coefficient (Wildman–Crippen LogP) is -0.451. The van der Waals surface area contributed by atoms with Gasteiger partial charge in [-0.15, -0.1) is 0 Å². The topological polar surface area (TPSA) is 107 Å². The standard InChI is InChI=1S/C9H12N4O3/c1-5(7(10)14)12-6-3-4-11-8(13-6)9(15)16-2/h3-5H,1-2H3,(H2,10,14)(H,11,12,13). The number of carbonyl (C=O) groups excluding carboxylic acids is 2. The van der Waals surface area contributed by atoms with Crippen molar-refractivity contribution >= 4 is 17.7 Å². The maximum absolute atomic E-state index is 11.1. The number of rotatable bonds is 4. The van der Waals surface area contributed by atoms with Crippen LogP contribution in [0, 0.1) is 0 Å². The Balaban J connectivity index is 2.82. The highest BCUT2D eigenvalue weighted by atomic mass is 16.5. The van der Waals surface area contributed by atoms with Gasteiger partial charge in [0.05, 0.1) is 7.11 Å². The number of nitrogens with two attached hydrogens (primary N) is 1. The van der Waals surface area contributed by atoms with Gasteiger partial charge in [0.15, 0.2) is 0 Å². The number of amides is 1. The summed E-state index contributed by atoms with van der Waals surface area (Å²) in [5.41, 5.74) is 5.07. The van der Waals surface area contributed by atoms with Gasteiger partial charge in [0.25, 0.3) is 0 Å². The van der Waals surface area contributed by atoms with Gasteiger partial charge in [-0.3, -0.25) is 4.79 Å². The van der Waals surface area contributed by atoms with Crippen LogP contribution < -0.4 is 11.1 Å². The van der Waals surface area contributed by atoms with Crippen LogP contribution >= 0.6 is 0 Å². The Morgan fingerprint density at radius 1 is 1.56 bits per heavy atom. The van der Waals surface area contributed by atoms with Gasteiger partial charge < -0.3 is 15.8 Å². The van der Waals surface area contributed by atoms with E-state index in [2.05, 4.69) is 20.0 Å². The van der Waals surface area contributed by atoms with Crippen molar-refractivity contribution in [3.8, 4) is 0 Å². The first-order valence-electron chi connectivity index (χ1n) is 4.52. The lowest BCUT2D eigenvalue weighted by Crippen LogP contribution is -2.32. The van der Waals surface area contributed by atoms with Crippen molar-refractivity contribution in [2.24, 2.45) is 5.73 Å². The predicted molar refractivity (Wildman–Crippen MR) is 55.7 cm³/mol. The van der Waals surface area contributed by atoms with Crippen LogP contribution in [-0.2, 0) is 9.53 Å². The molecule has 0 fully saturated rings. The molecule has 3 N–H and O–H groups in total. The molecule has 0 saturated heterocycles. The summed E-state index contributed by atoms with van der Waals surface area (Å²) in [6.07, 6.45) is 1.38.